The van der Waals surface area contributed by atoms with E-state index in [1.807, 2.05) is 4.90 Å². The minimum absolute atomic E-state index is 0.00495. The van der Waals surface area contributed by atoms with E-state index < -0.39 is 0 Å². The summed E-state index contributed by atoms with van der Waals surface area (Å²) in [6.45, 7) is 3.03. The summed E-state index contributed by atoms with van der Waals surface area (Å²) in [5.74, 6) is 0.740. The highest BCUT2D eigenvalue weighted by Crippen LogP contribution is 2.28. The summed E-state index contributed by atoms with van der Waals surface area (Å²) in [5, 5.41) is 3.06. The molecule has 130 valence electrons. The van der Waals surface area contributed by atoms with E-state index in [0.717, 1.165) is 57.4 Å². The van der Waals surface area contributed by atoms with Crippen molar-refractivity contribution in [3.8, 4) is 0 Å². The molecule has 6 heteroatoms. The maximum absolute atomic E-state index is 12.9. The van der Waals surface area contributed by atoms with Crippen LogP contribution in [0.5, 0.6) is 0 Å². The number of imidazole rings is 1. The molecule has 3 heterocycles. The molecule has 1 unspecified atom stereocenters. The lowest BCUT2D eigenvalue weighted by Crippen LogP contribution is -2.46. The van der Waals surface area contributed by atoms with E-state index >= 15 is 0 Å². The molecule has 1 aliphatic carbocycles. The Kier molecular flexibility index (Phi) is 4.29. The molecule has 2 aliphatic heterocycles. The van der Waals surface area contributed by atoms with Crippen LogP contribution in [0.2, 0.25) is 0 Å². The number of amides is 2. The number of nitrogens with zero attached hydrogens (tertiary/aromatic N) is 3. The summed E-state index contributed by atoms with van der Waals surface area (Å²) >= 11 is 0. The highest BCUT2D eigenvalue weighted by molar-refractivity contribution is 5.94. The topological polar surface area (TPSA) is 67.2 Å². The Labute approximate surface area is 142 Å². The predicted octanol–water partition coefficient (Wildman–Crippen LogP) is 1.60. The number of hydrogen-bond acceptors (Lipinski definition) is 3. The van der Waals surface area contributed by atoms with Gasteiger partial charge in [0, 0.05) is 26.2 Å². The number of likely N-dealkylation sites (tertiary alicyclic amines) is 1. The lowest BCUT2D eigenvalue weighted by molar-refractivity contribution is -0.126. The summed E-state index contributed by atoms with van der Waals surface area (Å²) in [6, 6.07) is 0. The third kappa shape index (κ3) is 3.19. The Balaban J connectivity index is 1.40. The van der Waals surface area contributed by atoms with Gasteiger partial charge in [-0.05, 0) is 50.9 Å². The van der Waals surface area contributed by atoms with Crippen LogP contribution in [0.3, 0.4) is 0 Å². The Bertz CT molecular complexity index is 635. The molecule has 2 amide bonds. The van der Waals surface area contributed by atoms with E-state index in [9.17, 15) is 9.59 Å². The fourth-order valence-electron chi connectivity index (χ4n) is 3.85. The van der Waals surface area contributed by atoms with Gasteiger partial charge in [0.05, 0.1) is 17.9 Å². The van der Waals surface area contributed by atoms with Crippen molar-refractivity contribution in [2.45, 2.75) is 51.5 Å². The zero-order valence-corrected chi connectivity index (χ0v) is 14.2. The molecule has 2 fully saturated rings. The number of carbonyl (C=O) groups excluding carboxylic acids is 2. The molecule has 0 radical (unpaired) electrons. The van der Waals surface area contributed by atoms with Gasteiger partial charge in [-0.1, -0.05) is 0 Å². The van der Waals surface area contributed by atoms with E-state index in [0.29, 0.717) is 18.2 Å². The van der Waals surface area contributed by atoms with Crippen molar-refractivity contribution in [2.75, 3.05) is 19.6 Å². The van der Waals surface area contributed by atoms with Crippen molar-refractivity contribution < 1.29 is 9.59 Å². The van der Waals surface area contributed by atoms with Gasteiger partial charge in [0.2, 0.25) is 5.91 Å². The number of piperidine rings is 1. The fraction of sp³-hybridized carbons (Fsp3) is 0.722. The maximum Gasteiger partial charge on any atom is 0.274 e. The molecule has 1 aromatic rings. The van der Waals surface area contributed by atoms with Gasteiger partial charge in [0.15, 0.2) is 0 Å². The van der Waals surface area contributed by atoms with E-state index in [4.69, 9.17) is 0 Å². The van der Waals surface area contributed by atoms with Crippen LogP contribution in [0.25, 0.3) is 0 Å². The number of fused-ring (bicyclic) bond motifs is 1. The molecule has 1 N–H and O–H groups in total. The van der Waals surface area contributed by atoms with Crippen molar-refractivity contribution in [3.05, 3.63) is 17.7 Å². The van der Waals surface area contributed by atoms with Crippen LogP contribution in [-0.4, -0.2) is 45.9 Å². The number of nitrogens with one attached hydrogen (secondary N) is 1. The second-order valence-corrected chi connectivity index (χ2v) is 7.47. The van der Waals surface area contributed by atoms with Crippen molar-refractivity contribution >= 4 is 11.8 Å². The quantitative estimate of drug-likeness (QED) is 0.912. The molecular weight excluding hydrogens is 304 g/mol. The van der Waals surface area contributed by atoms with E-state index in [1.165, 1.54) is 12.8 Å². The van der Waals surface area contributed by atoms with Gasteiger partial charge in [0.1, 0.15) is 5.69 Å². The zero-order valence-electron chi connectivity index (χ0n) is 14.2. The number of hydrogen-bond donors (Lipinski definition) is 1. The number of aromatic nitrogens is 2. The van der Waals surface area contributed by atoms with Crippen molar-refractivity contribution in [3.63, 3.8) is 0 Å². The summed E-state index contributed by atoms with van der Waals surface area (Å²) in [5.41, 5.74) is 1.68. The first-order valence-corrected chi connectivity index (χ1v) is 9.33. The second kappa shape index (κ2) is 6.57. The van der Waals surface area contributed by atoms with Crippen molar-refractivity contribution in [1.29, 1.82) is 0 Å². The van der Waals surface area contributed by atoms with E-state index in [2.05, 4.69) is 14.9 Å². The van der Waals surface area contributed by atoms with Crippen LogP contribution in [0.1, 0.15) is 54.7 Å². The summed E-state index contributed by atoms with van der Waals surface area (Å²) in [4.78, 5) is 31.5. The summed E-state index contributed by atoms with van der Waals surface area (Å²) in [6.07, 6.45) is 9.25. The van der Waals surface area contributed by atoms with Gasteiger partial charge in [-0.2, -0.15) is 0 Å². The molecule has 1 atom stereocenters. The van der Waals surface area contributed by atoms with Gasteiger partial charge in [-0.3, -0.25) is 9.59 Å². The van der Waals surface area contributed by atoms with Gasteiger partial charge < -0.3 is 14.8 Å². The molecular formula is C18H26N4O2. The molecule has 0 bridgehead atoms. The molecule has 4 rings (SSSR count). The van der Waals surface area contributed by atoms with Crippen LogP contribution in [0.4, 0.5) is 0 Å². The normalized spacial score (nSPS) is 23.7. The Morgan fingerprint density at radius 2 is 2.04 bits per heavy atom. The molecule has 0 spiro atoms. The standard InChI is InChI=1S/C18H26N4O2/c23-17(19-10-13-6-7-13)14-4-3-9-21(11-14)18(24)16-15-5-1-2-8-22(15)12-20-16/h12-14H,1-11H2,(H,19,23). The summed E-state index contributed by atoms with van der Waals surface area (Å²) < 4.78 is 2.11. The van der Waals surface area contributed by atoms with Crippen LogP contribution in [-0.2, 0) is 17.8 Å². The Morgan fingerprint density at radius 1 is 1.17 bits per heavy atom. The molecule has 1 saturated heterocycles. The van der Waals surface area contributed by atoms with Crippen molar-refractivity contribution in [1.82, 2.24) is 19.8 Å². The highest BCUT2D eigenvalue weighted by atomic mass is 16.2. The Hall–Kier alpha value is -1.85. The number of carbonyl (C=O) groups is 2. The van der Waals surface area contributed by atoms with Gasteiger partial charge in [-0.15, -0.1) is 0 Å². The molecule has 1 aromatic heterocycles. The first kappa shape index (κ1) is 15.7. The zero-order chi connectivity index (χ0) is 16.5. The van der Waals surface area contributed by atoms with Crippen LogP contribution < -0.4 is 5.32 Å². The molecule has 6 nitrogen and oxygen atoms in total. The van der Waals surface area contributed by atoms with E-state index in [1.54, 1.807) is 6.33 Å². The minimum Gasteiger partial charge on any atom is -0.356 e. The first-order chi connectivity index (χ1) is 11.7. The monoisotopic (exact) mass is 330 g/mol. The number of aryl methyl sites for hydroxylation is 1. The third-order valence-electron chi connectivity index (χ3n) is 5.55. The van der Waals surface area contributed by atoms with Crippen LogP contribution in [0.15, 0.2) is 6.33 Å². The van der Waals surface area contributed by atoms with Crippen molar-refractivity contribution in [2.24, 2.45) is 11.8 Å². The van der Waals surface area contributed by atoms with E-state index in [-0.39, 0.29) is 17.7 Å². The lowest BCUT2D eigenvalue weighted by Gasteiger charge is -2.32. The Morgan fingerprint density at radius 3 is 2.88 bits per heavy atom. The van der Waals surface area contributed by atoms with Crippen LogP contribution >= 0.6 is 0 Å². The maximum atomic E-state index is 12.9. The lowest BCUT2D eigenvalue weighted by atomic mass is 9.96. The second-order valence-electron chi connectivity index (χ2n) is 7.47. The SMILES string of the molecule is O=C(NCC1CC1)C1CCCN(C(=O)c2ncn3c2CCCC3)C1. The largest absolute Gasteiger partial charge is 0.356 e. The van der Waals surface area contributed by atoms with Gasteiger partial charge in [0.25, 0.3) is 5.91 Å². The first-order valence-electron chi connectivity index (χ1n) is 9.33. The average Bonchev–Trinajstić information content (AvgIpc) is 3.36. The summed E-state index contributed by atoms with van der Waals surface area (Å²) in [7, 11) is 0. The molecule has 1 saturated carbocycles. The minimum atomic E-state index is -0.0695. The molecule has 3 aliphatic rings. The van der Waals surface area contributed by atoms with Gasteiger partial charge in [-0.25, -0.2) is 4.98 Å². The van der Waals surface area contributed by atoms with Crippen LogP contribution in [0, 0.1) is 11.8 Å². The average molecular weight is 330 g/mol. The van der Waals surface area contributed by atoms with Gasteiger partial charge >= 0.3 is 0 Å². The fourth-order valence-corrected chi connectivity index (χ4v) is 3.85. The number of rotatable bonds is 4. The smallest absolute Gasteiger partial charge is 0.274 e. The third-order valence-corrected chi connectivity index (χ3v) is 5.55. The highest BCUT2D eigenvalue weighted by Gasteiger charge is 2.32. The molecule has 24 heavy (non-hydrogen) atoms. The predicted molar refractivity (Wildman–Crippen MR) is 89.5 cm³/mol. The molecule has 0 aromatic carbocycles.